The summed E-state index contributed by atoms with van der Waals surface area (Å²) in [6.07, 6.45) is 8.30. The van der Waals surface area contributed by atoms with Gasteiger partial charge in [0.25, 0.3) is 0 Å². The van der Waals surface area contributed by atoms with E-state index in [4.69, 9.17) is 0 Å². The second-order valence-corrected chi connectivity index (χ2v) is 6.62. The van der Waals surface area contributed by atoms with Crippen LogP contribution in [0.2, 0.25) is 0 Å². The molecule has 0 amide bonds. The molecule has 2 unspecified atom stereocenters. The van der Waals surface area contributed by atoms with Crippen LogP contribution in [0, 0.1) is 0 Å². The average Bonchev–Trinajstić information content (AvgIpc) is 2.76. The van der Waals surface area contributed by atoms with E-state index in [-0.39, 0.29) is 0 Å². The molecule has 104 valence electrons. The van der Waals surface area contributed by atoms with E-state index < -0.39 is 0 Å². The van der Waals surface area contributed by atoms with Crippen molar-refractivity contribution in [3.05, 3.63) is 22.8 Å². The van der Waals surface area contributed by atoms with Crippen LogP contribution >= 0.6 is 15.9 Å². The van der Waals surface area contributed by atoms with E-state index in [1.54, 1.807) is 0 Å². The summed E-state index contributed by atoms with van der Waals surface area (Å²) in [7, 11) is 0. The molecule has 2 fully saturated rings. The second-order valence-electron chi connectivity index (χ2n) is 5.77. The zero-order valence-electron chi connectivity index (χ0n) is 11.5. The van der Waals surface area contributed by atoms with Gasteiger partial charge in [-0.2, -0.15) is 0 Å². The van der Waals surface area contributed by atoms with Crippen molar-refractivity contribution < 1.29 is 0 Å². The number of nitrogens with zero attached hydrogens (tertiary/aromatic N) is 2. The molecule has 2 bridgehead atoms. The molecular formula is C15H22BrN3. The van der Waals surface area contributed by atoms with Gasteiger partial charge in [0, 0.05) is 30.9 Å². The topological polar surface area (TPSA) is 28.2 Å². The molecule has 2 aliphatic rings. The Labute approximate surface area is 123 Å². The number of hydrogen-bond acceptors (Lipinski definition) is 3. The molecular weight excluding hydrogens is 302 g/mol. The van der Waals surface area contributed by atoms with Crippen LogP contribution in [-0.4, -0.2) is 29.7 Å². The van der Waals surface area contributed by atoms with Crippen molar-refractivity contribution in [1.82, 2.24) is 10.3 Å². The lowest BCUT2D eigenvalue weighted by Crippen LogP contribution is -2.49. The maximum absolute atomic E-state index is 4.60. The van der Waals surface area contributed by atoms with Crippen LogP contribution in [-0.2, 0) is 0 Å². The Balaban J connectivity index is 1.83. The zero-order valence-corrected chi connectivity index (χ0v) is 13.1. The van der Waals surface area contributed by atoms with Crippen LogP contribution in [0.25, 0.3) is 0 Å². The molecule has 1 N–H and O–H groups in total. The standard InChI is InChI=1S/C15H22BrN3/c1-2-8-19(15-14(16)4-3-7-17-15)13-9-11-5-6-12(10-13)18-11/h3-4,7,11-13,18H,2,5-6,8-10H2,1H3. The molecule has 3 nitrogen and oxygen atoms in total. The average molecular weight is 324 g/mol. The third kappa shape index (κ3) is 2.79. The van der Waals surface area contributed by atoms with Crippen LogP contribution in [0.15, 0.2) is 22.8 Å². The minimum atomic E-state index is 0.643. The number of aromatic nitrogens is 1. The normalized spacial score (nSPS) is 29.5. The summed E-state index contributed by atoms with van der Waals surface area (Å²) < 4.78 is 1.12. The number of anilines is 1. The van der Waals surface area contributed by atoms with Gasteiger partial charge in [-0.1, -0.05) is 6.92 Å². The highest BCUT2D eigenvalue weighted by molar-refractivity contribution is 9.10. The Bertz CT molecular complexity index is 425. The van der Waals surface area contributed by atoms with Gasteiger partial charge in [-0.3, -0.25) is 0 Å². The highest BCUT2D eigenvalue weighted by atomic mass is 79.9. The van der Waals surface area contributed by atoms with Gasteiger partial charge < -0.3 is 10.2 Å². The molecule has 1 aromatic heterocycles. The Morgan fingerprint density at radius 1 is 1.37 bits per heavy atom. The van der Waals surface area contributed by atoms with Gasteiger partial charge in [0.15, 0.2) is 0 Å². The Hall–Kier alpha value is -0.610. The summed E-state index contributed by atoms with van der Waals surface area (Å²) in [5, 5.41) is 3.72. The van der Waals surface area contributed by atoms with E-state index in [1.165, 1.54) is 32.1 Å². The molecule has 1 aromatic rings. The number of hydrogen-bond donors (Lipinski definition) is 1. The molecule has 4 heteroatoms. The summed E-state index contributed by atoms with van der Waals surface area (Å²) in [6.45, 7) is 3.35. The zero-order chi connectivity index (χ0) is 13.2. The van der Waals surface area contributed by atoms with Crippen molar-refractivity contribution >= 4 is 21.7 Å². The fraction of sp³-hybridized carbons (Fsp3) is 0.667. The largest absolute Gasteiger partial charge is 0.353 e. The molecule has 0 saturated carbocycles. The van der Waals surface area contributed by atoms with Crippen molar-refractivity contribution in [3.8, 4) is 0 Å². The molecule has 0 spiro atoms. The van der Waals surface area contributed by atoms with Gasteiger partial charge in [-0.15, -0.1) is 0 Å². The first-order valence-electron chi connectivity index (χ1n) is 7.41. The van der Waals surface area contributed by atoms with Gasteiger partial charge in [-0.25, -0.2) is 4.98 Å². The van der Waals surface area contributed by atoms with E-state index in [1.807, 2.05) is 12.3 Å². The van der Waals surface area contributed by atoms with Crippen molar-refractivity contribution in [2.75, 3.05) is 11.4 Å². The van der Waals surface area contributed by atoms with E-state index in [0.717, 1.165) is 28.9 Å². The monoisotopic (exact) mass is 323 g/mol. The summed E-state index contributed by atoms with van der Waals surface area (Å²) in [6, 6.07) is 6.19. The number of halogens is 1. The molecule has 2 saturated heterocycles. The first-order valence-corrected chi connectivity index (χ1v) is 8.20. The minimum Gasteiger partial charge on any atom is -0.353 e. The lowest BCUT2D eigenvalue weighted by atomic mass is 9.98. The molecule has 0 radical (unpaired) electrons. The lowest BCUT2D eigenvalue weighted by Gasteiger charge is -2.38. The lowest BCUT2D eigenvalue weighted by molar-refractivity contribution is 0.345. The molecule has 0 aliphatic carbocycles. The van der Waals surface area contributed by atoms with E-state index in [2.05, 4.69) is 44.1 Å². The number of piperidine rings is 1. The van der Waals surface area contributed by atoms with Crippen LogP contribution < -0.4 is 10.2 Å². The predicted molar refractivity (Wildman–Crippen MR) is 82.5 cm³/mol. The molecule has 0 aromatic carbocycles. The van der Waals surface area contributed by atoms with Crippen molar-refractivity contribution in [3.63, 3.8) is 0 Å². The number of pyridine rings is 1. The Morgan fingerprint density at radius 3 is 2.74 bits per heavy atom. The number of rotatable bonds is 4. The first-order chi connectivity index (χ1) is 9.28. The summed E-state index contributed by atoms with van der Waals surface area (Å²) in [5.74, 6) is 1.12. The van der Waals surface area contributed by atoms with Gasteiger partial charge in [-0.05, 0) is 60.2 Å². The SMILES string of the molecule is CCCN(c1ncccc1Br)C1CC2CCC(C1)N2. The van der Waals surface area contributed by atoms with Gasteiger partial charge in [0.2, 0.25) is 0 Å². The third-order valence-corrected chi connectivity index (χ3v) is 4.98. The molecule has 2 aliphatic heterocycles. The maximum atomic E-state index is 4.60. The summed E-state index contributed by atoms with van der Waals surface area (Å²) >= 11 is 3.66. The quantitative estimate of drug-likeness (QED) is 0.921. The van der Waals surface area contributed by atoms with Crippen LogP contribution in [0.3, 0.4) is 0 Å². The van der Waals surface area contributed by atoms with Gasteiger partial charge in [0.1, 0.15) is 5.82 Å². The third-order valence-electron chi connectivity index (χ3n) is 4.36. The van der Waals surface area contributed by atoms with E-state index >= 15 is 0 Å². The van der Waals surface area contributed by atoms with Crippen molar-refractivity contribution in [2.45, 2.75) is 57.2 Å². The Kier molecular flexibility index (Phi) is 4.08. The highest BCUT2D eigenvalue weighted by Crippen LogP contribution is 2.34. The van der Waals surface area contributed by atoms with Crippen molar-refractivity contribution in [1.29, 1.82) is 0 Å². The van der Waals surface area contributed by atoms with Crippen LogP contribution in [0.5, 0.6) is 0 Å². The second kappa shape index (κ2) is 5.80. The number of nitrogens with one attached hydrogen (secondary N) is 1. The van der Waals surface area contributed by atoms with Gasteiger partial charge >= 0.3 is 0 Å². The van der Waals surface area contributed by atoms with Gasteiger partial charge in [0.05, 0.1) is 4.47 Å². The number of fused-ring (bicyclic) bond motifs is 2. The van der Waals surface area contributed by atoms with Crippen LogP contribution in [0.1, 0.15) is 39.0 Å². The molecule has 3 heterocycles. The fourth-order valence-corrected chi connectivity index (χ4v) is 4.06. The van der Waals surface area contributed by atoms with Crippen LogP contribution in [0.4, 0.5) is 5.82 Å². The molecule has 2 atom stereocenters. The predicted octanol–water partition coefficient (Wildman–Crippen LogP) is 3.34. The Morgan fingerprint density at radius 2 is 2.11 bits per heavy atom. The fourth-order valence-electron chi connectivity index (χ4n) is 3.57. The van der Waals surface area contributed by atoms with E-state index in [9.17, 15) is 0 Å². The maximum Gasteiger partial charge on any atom is 0.143 e. The van der Waals surface area contributed by atoms with E-state index in [0.29, 0.717) is 6.04 Å². The smallest absolute Gasteiger partial charge is 0.143 e. The van der Waals surface area contributed by atoms with Crippen molar-refractivity contribution in [2.24, 2.45) is 0 Å². The summed E-state index contributed by atoms with van der Waals surface area (Å²) in [5.41, 5.74) is 0. The molecule has 3 rings (SSSR count). The minimum absolute atomic E-state index is 0.643. The highest BCUT2D eigenvalue weighted by Gasteiger charge is 2.36. The molecule has 19 heavy (non-hydrogen) atoms. The first kappa shape index (κ1) is 13.4. The summed E-state index contributed by atoms with van der Waals surface area (Å²) in [4.78, 5) is 7.13.